The maximum Gasteiger partial charge on any atom is 1.00 e. The van der Waals surface area contributed by atoms with Crippen LogP contribution in [-0.2, 0) is 0 Å². The molecule has 0 amide bonds. The molecule has 2 aromatic rings. The molecule has 2 rings (SSSR count). The largest absolute Gasteiger partial charge is 1.00 e. The molecule has 0 radical (unpaired) electrons. The van der Waals surface area contributed by atoms with Gasteiger partial charge in [-0.1, -0.05) is 34.6 Å². The standard InChI is InChI=1S/C12H18.C11H15.K/c1-7-8(2)10(4)12(6)11(5)9(7)3;1-7-6-8(2)10(4)11(5)9(7)3;/h1-6H3;1-5H3;/q;-1;+1. The van der Waals surface area contributed by atoms with Gasteiger partial charge in [0.15, 0.2) is 0 Å². The number of rotatable bonds is 0. The quantitative estimate of drug-likeness (QED) is 0.504. The minimum absolute atomic E-state index is 0. The molecule has 0 fully saturated rings. The van der Waals surface area contributed by atoms with Crippen molar-refractivity contribution in [1.29, 1.82) is 0 Å². The first-order chi connectivity index (χ1) is 10.5. The molecule has 0 aromatic heterocycles. The molecule has 0 bridgehead atoms. The second-order valence-electron chi connectivity index (χ2n) is 7.00. The smallest absolute Gasteiger partial charge is 0.177 e. The first kappa shape index (κ1) is 24.1. The van der Waals surface area contributed by atoms with Crippen molar-refractivity contribution in [3.8, 4) is 0 Å². The maximum absolute atomic E-state index is 3.35. The van der Waals surface area contributed by atoms with E-state index in [0.29, 0.717) is 0 Å². The summed E-state index contributed by atoms with van der Waals surface area (Å²) in [5.74, 6) is 0. The van der Waals surface area contributed by atoms with Crippen molar-refractivity contribution in [1.82, 2.24) is 0 Å². The second kappa shape index (κ2) is 9.69. The third kappa shape index (κ3) is 5.05. The monoisotopic (exact) mass is 348 g/mol. The number of hydrogen-bond donors (Lipinski definition) is 0. The van der Waals surface area contributed by atoms with Crippen molar-refractivity contribution in [3.63, 3.8) is 0 Å². The van der Waals surface area contributed by atoms with Crippen molar-refractivity contribution in [2.75, 3.05) is 0 Å². The molecular weight excluding hydrogens is 315 g/mol. The molecule has 0 aliphatic rings. The molecule has 0 aliphatic heterocycles. The van der Waals surface area contributed by atoms with E-state index in [1.54, 1.807) is 0 Å². The fraction of sp³-hybridized carbons (Fsp3) is 0.478. The van der Waals surface area contributed by atoms with Crippen molar-refractivity contribution in [2.24, 2.45) is 0 Å². The normalized spacial score (nSPS) is 9.96. The van der Waals surface area contributed by atoms with E-state index in [1.807, 2.05) is 0 Å². The average Bonchev–Trinajstić information content (AvgIpc) is 2.53. The van der Waals surface area contributed by atoms with Gasteiger partial charge >= 0.3 is 51.4 Å². The molecule has 2 aromatic carbocycles. The molecule has 0 unspecified atom stereocenters. The van der Waals surface area contributed by atoms with E-state index in [9.17, 15) is 0 Å². The van der Waals surface area contributed by atoms with Crippen LogP contribution in [-0.4, -0.2) is 0 Å². The summed E-state index contributed by atoms with van der Waals surface area (Å²) in [5.41, 5.74) is 15.5. The van der Waals surface area contributed by atoms with Gasteiger partial charge in [0.1, 0.15) is 0 Å². The molecule has 0 aliphatic carbocycles. The van der Waals surface area contributed by atoms with Crippen molar-refractivity contribution in [3.05, 3.63) is 67.3 Å². The molecule has 0 N–H and O–H groups in total. The number of aryl methyl sites for hydroxylation is 2. The Morgan fingerprint density at radius 3 is 0.708 bits per heavy atom. The minimum atomic E-state index is 0. The number of hydrogen-bond acceptors (Lipinski definition) is 0. The van der Waals surface area contributed by atoms with Crippen LogP contribution in [0.1, 0.15) is 61.2 Å². The first-order valence-electron chi connectivity index (χ1n) is 8.50. The van der Waals surface area contributed by atoms with Crippen LogP contribution in [0.3, 0.4) is 0 Å². The van der Waals surface area contributed by atoms with Gasteiger partial charge in [-0.2, -0.15) is 33.9 Å². The Balaban J connectivity index is 0.000000425. The van der Waals surface area contributed by atoms with Gasteiger partial charge in [-0.15, -0.1) is 0 Å². The van der Waals surface area contributed by atoms with Gasteiger partial charge < -0.3 is 0 Å². The third-order valence-electron chi connectivity index (χ3n) is 6.00. The fourth-order valence-electron chi connectivity index (χ4n) is 3.00. The molecule has 126 valence electrons. The van der Waals surface area contributed by atoms with Gasteiger partial charge in [0, 0.05) is 0 Å². The summed E-state index contributed by atoms with van der Waals surface area (Å²) in [4.78, 5) is 0. The van der Waals surface area contributed by atoms with Crippen LogP contribution in [0.15, 0.2) is 0 Å². The van der Waals surface area contributed by atoms with Crippen LogP contribution >= 0.6 is 0 Å². The van der Waals surface area contributed by atoms with Crippen molar-refractivity contribution >= 4 is 0 Å². The Morgan fingerprint density at radius 2 is 0.500 bits per heavy atom. The number of benzene rings is 2. The summed E-state index contributed by atoms with van der Waals surface area (Å²) >= 11 is 0. The molecule has 1 heteroatoms. The Bertz CT molecular complexity index is 605. The fourth-order valence-corrected chi connectivity index (χ4v) is 3.00. The second-order valence-corrected chi connectivity index (χ2v) is 7.00. The van der Waals surface area contributed by atoms with Gasteiger partial charge in [-0.25, -0.2) is 0 Å². The van der Waals surface area contributed by atoms with Gasteiger partial charge in [-0.3, -0.25) is 0 Å². The SMILES string of the molecule is Cc1[c-]c(C)c(C)c(C)c1C.Cc1c(C)c(C)c(C)c(C)c1C.[K+]. The van der Waals surface area contributed by atoms with Crippen LogP contribution in [0, 0.1) is 82.2 Å². The summed E-state index contributed by atoms with van der Waals surface area (Å²) in [5, 5.41) is 0. The first-order valence-corrected chi connectivity index (χ1v) is 8.50. The molecule has 0 nitrogen and oxygen atoms in total. The van der Waals surface area contributed by atoms with E-state index in [2.05, 4.69) is 82.2 Å². The molecular formula is C23H33K. The zero-order valence-corrected chi connectivity index (χ0v) is 21.1. The van der Waals surface area contributed by atoms with Gasteiger partial charge in [0.25, 0.3) is 0 Å². The third-order valence-corrected chi connectivity index (χ3v) is 6.00. The summed E-state index contributed by atoms with van der Waals surface area (Å²) in [7, 11) is 0. The Hall–Kier alpha value is 0.0764. The van der Waals surface area contributed by atoms with E-state index in [-0.39, 0.29) is 51.4 Å². The molecule has 24 heavy (non-hydrogen) atoms. The summed E-state index contributed by atoms with van der Waals surface area (Å²) < 4.78 is 0. The van der Waals surface area contributed by atoms with Gasteiger partial charge in [0.05, 0.1) is 0 Å². The van der Waals surface area contributed by atoms with E-state index < -0.39 is 0 Å². The van der Waals surface area contributed by atoms with E-state index in [4.69, 9.17) is 0 Å². The molecule has 0 heterocycles. The van der Waals surface area contributed by atoms with Crippen LogP contribution in [0.2, 0.25) is 0 Å². The Morgan fingerprint density at radius 1 is 0.333 bits per heavy atom. The van der Waals surface area contributed by atoms with Crippen molar-refractivity contribution in [2.45, 2.75) is 76.2 Å². The summed E-state index contributed by atoms with van der Waals surface area (Å²) in [6.45, 7) is 24.0. The molecule has 0 atom stereocenters. The topological polar surface area (TPSA) is 0 Å². The summed E-state index contributed by atoms with van der Waals surface area (Å²) in [6.07, 6.45) is 0. The molecule has 0 spiro atoms. The molecule has 0 saturated heterocycles. The predicted molar refractivity (Wildman–Crippen MR) is 104 cm³/mol. The van der Waals surface area contributed by atoms with Crippen LogP contribution in [0.5, 0.6) is 0 Å². The van der Waals surface area contributed by atoms with Crippen molar-refractivity contribution < 1.29 is 51.4 Å². The van der Waals surface area contributed by atoms with Crippen LogP contribution < -0.4 is 51.4 Å². The maximum atomic E-state index is 3.35. The predicted octanol–water partition coefficient (Wildman–Crippen LogP) is 3.57. The zero-order valence-electron chi connectivity index (χ0n) is 18.0. The van der Waals surface area contributed by atoms with E-state index in [1.165, 1.54) is 61.2 Å². The Labute approximate surface area is 192 Å². The molecule has 0 saturated carbocycles. The van der Waals surface area contributed by atoms with Crippen LogP contribution in [0.25, 0.3) is 0 Å². The van der Waals surface area contributed by atoms with Crippen LogP contribution in [0.4, 0.5) is 0 Å². The average molecular weight is 349 g/mol. The van der Waals surface area contributed by atoms with Gasteiger partial charge in [-0.05, 0) is 74.9 Å². The zero-order chi connectivity index (χ0) is 18.1. The van der Waals surface area contributed by atoms with E-state index >= 15 is 0 Å². The van der Waals surface area contributed by atoms with E-state index in [0.717, 1.165) is 0 Å². The minimum Gasteiger partial charge on any atom is -0.177 e. The van der Waals surface area contributed by atoms with Gasteiger partial charge in [0.2, 0.25) is 0 Å². The summed E-state index contributed by atoms with van der Waals surface area (Å²) in [6, 6.07) is 3.35. The Kier molecular flexibility index (Phi) is 9.72.